The van der Waals surface area contributed by atoms with E-state index in [-0.39, 0.29) is 5.41 Å². The van der Waals surface area contributed by atoms with Crippen molar-refractivity contribution in [2.24, 2.45) is 5.41 Å². The van der Waals surface area contributed by atoms with Crippen LogP contribution in [0.4, 0.5) is 0 Å². The number of hydrogen-bond acceptors (Lipinski definition) is 2. The van der Waals surface area contributed by atoms with Crippen molar-refractivity contribution in [3.8, 4) is 0 Å². The minimum absolute atomic E-state index is 0.134. The third-order valence-corrected chi connectivity index (χ3v) is 2.82. The lowest BCUT2D eigenvalue weighted by molar-refractivity contribution is -0.720. The van der Waals surface area contributed by atoms with E-state index in [1.807, 2.05) is 0 Å². The van der Waals surface area contributed by atoms with E-state index in [0.717, 1.165) is 24.2 Å². The zero-order valence-corrected chi connectivity index (χ0v) is 8.26. The molecule has 0 saturated carbocycles. The molecule has 0 aromatic carbocycles. The van der Waals surface area contributed by atoms with Crippen LogP contribution in [0.15, 0.2) is 4.63 Å². The Kier molecular flexibility index (Phi) is 1.62. The van der Waals surface area contributed by atoms with Crippen LogP contribution in [0.1, 0.15) is 44.5 Å². The van der Waals surface area contributed by atoms with Gasteiger partial charge in [0.1, 0.15) is 0 Å². The summed E-state index contributed by atoms with van der Waals surface area (Å²) in [5.41, 5.74) is 1.90. The molecule has 2 rings (SSSR count). The third-order valence-electron chi connectivity index (χ3n) is 2.82. The standard InChI is InChI=1S/C9H15N2O2/c1-9(2,3)6-4-5-7-8(6)11(12)13-10-7/h6,10H,4-5H2,1-3H3/q+1. The fraction of sp³-hybridized carbons (Fsp3) is 0.778. The molecular formula is C9H15N2O2+. The molecule has 0 fully saturated rings. The average molecular weight is 183 g/mol. The minimum Gasteiger partial charge on any atom is -0.0882 e. The molecule has 1 N–H and O–H groups in total. The van der Waals surface area contributed by atoms with Crippen molar-refractivity contribution in [3.63, 3.8) is 0 Å². The predicted molar refractivity (Wildman–Crippen MR) is 46.9 cm³/mol. The van der Waals surface area contributed by atoms with Gasteiger partial charge in [0.25, 0.3) is 0 Å². The maximum atomic E-state index is 11.3. The van der Waals surface area contributed by atoms with Crippen LogP contribution in [0, 0.1) is 10.3 Å². The highest BCUT2D eigenvalue weighted by molar-refractivity contribution is 5.18. The fourth-order valence-corrected chi connectivity index (χ4v) is 2.09. The van der Waals surface area contributed by atoms with Gasteiger partial charge in [0, 0.05) is 12.3 Å². The Balaban J connectivity index is 2.48. The van der Waals surface area contributed by atoms with Gasteiger partial charge in [0.05, 0.1) is 0 Å². The molecule has 1 aliphatic carbocycles. The molecule has 1 aromatic rings. The molecule has 4 nitrogen and oxygen atoms in total. The lowest BCUT2D eigenvalue weighted by atomic mass is 9.79. The number of hydrogen-bond donors (Lipinski definition) is 1. The number of rotatable bonds is 0. The van der Waals surface area contributed by atoms with E-state index in [1.54, 1.807) is 0 Å². The van der Waals surface area contributed by atoms with Gasteiger partial charge in [-0.2, -0.15) is 0 Å². The number of aromatic nitrogens is 2. The largest absolute Gasteiger partial charge is 0.248 e. The molecule has 0 aliphatic heterocycles. The zero-order valence-electron chi connectivity index (χ0n) is 8.26. The molecule has 0 amide bonds. The normalized spacial score (nSPS) is 21.9. The summed E-state index contributed by atoms with van der Waals surface area (Å²) in [6.45, 7) is 6.46. The summed E-state index contributed by atoms with van der Waals surface area (Å²) >= 11 is 0. The molecule has 4 heteroatoms. The molecule has 0 spiro atoms. The smallest absolute Gasteiger partial charge is 0.0882 e. The number of aromatic amines is 1. The Labute approximate surface area is 76.5 Å². The van der Waals surface area contributed by atoms with Crippen LogP contribution < -0.4 is 4.60 Å². The highest BCUT2D eigenvalue weighted by Gasteiger charge is 2.41. The van der Waals surface area contributed by atoms with Crippen molar-refractivity contribution in [3.05, 3.63) is 16.3 Å². The second-order valence-electron chi connectivity index (χ2n) is 4.77. The van der Waals surface area contributed by atoms with Crippen molar-refractivity contribution < 1.29 is 9.23 Å². The molecule has 0 bridgehead atoms. The van der Waals surface area contributed by atoms with Crippen LogP contribution in [0.3, 0.4) is 0 Å². The number of fused-ring (bicyclic) bond motifs is 1. The van der Waals surface area contributed by atoms with Crippen molar-refractivity contribution in [2.45, 2.75) is 39.5 Å². The first-order valence-corrected chi connectivity index (χ1v) is 4.63. The Morgan fingerprint density at radius 2 is 2.23 bits per heavy atom. The molecule has 1 unspecified atom stereocenters. The second-order valence-corrected chi connectivity index (χ2v) is 4.77. The lowest BCUT2D eigenvalue weighted by Crippen LogP contribution is -2.25. The van der Waals surface area contributed by atoms with E-state index in [4.69, 9.17) is 4.63 Å². The second kappa shape index (κ2) is 2.47. The molecular weight excluding hydrogens is 168 g/mol. The topological polar surface area (TPSA) is 51.9 Å². The number of nitrogens with one attached hydrogen (secondary N) is 1. The molecule has 0 saturated heterocycles. The van der Waals surface area contributed by atoms with Gasteiger partial charge in [-0.1, -0.05) is 30.6 Å². The van der Waals surface area contributed by atoms with E-state index in [0.29, 0.717) is 10.5 Å². The number of H-pyrrole nitrogens is 1. The molecule has 13 heavy (non-hydrogen) atoms. The maximum Gasteiger partial charge on any atom is 0.248 e. The Morgan fingerprint density at radius 1 is 1.54 bits per heavy atom. The van der Waals surface area contributed by atoms with E-state index in [9.17, 15) is 4.91 Å². The summed E-state index contributed by atoms with van der Waals surface area (Å²) in [6, 6.07) is 0. The summed E-state index contributed by atoms with van der Waals surface area (Å²) in [5.74, 6) is 0.315. The summed E-state index contributed by atoms with van der Waals surface area (Å²) in [4.78, 5) is 11.3. The Bertz CT molecular complexity index is 370. The molecule has 1 heterocycles. The summed E-state index contributed by atoms with van der Waals surface area (Å²) in [5, 5.41) is 2.66. The van der Waals surface area contributed by atoms with Crippen molar-refractivity contribution in [2.75, 3.05) is 0 Å². The van der Waals surface area contributed by atoms with Crippen LogP contribution >= 0.6 is 0 Å². The van der Waals surface area contributed by atoms with Gasteiger partial charge in [-0.3, -0.25) is 0 Å². The zero-order chi connectivity index (χ0) is 9.64. The summed E-state index contributed by atoms with van der Waals surface area (Å²) < 4.78 is 5.32. The third kappa shape index (κ3) is 1.20. The predicted octanol–water partition coefficient (Wildman–Crippen LogP) is 1.60. The van der Waals surface area contributed by atoms with Gasteiger partial charge in [0.2, 0.25) is 5.69 Å². The van der Waals surface area contributed by atoms with Crippen molar-refractivity contribution in [1.29, 1.82) is 0 Å². The van der Waals surface area contributed by atoms with Crippen LogP contribution in [0.25, 0.3) is 0 Å². The number of nitrogens with zero attached hydrogens (tertiary/aromatic N) is 1. The van der Waals surface area contributed by atoms with E-state index < -0.39 is 0 Å². The van der Waals surface area contributed by atoms with Gasteiger partial charge in [0.15, 0.2) is 10.3 Å². The van der Waals surface area contributed by atoms with Gasteiger partial charge < -0.3 is 0 Å². The highest BCUT2D eigenvalue weighted by atomic mass is 16.7. The van der Waals surface area contributed by atoms with Crippen molar-refractivity contribution >= 4 is 0 Å². The van der Waals surface area contributed by atoms with E-state index in [1.165, 1.54) is 0 Å². The highest BCUT2D eigenvalue weighted by Crippen LogP contribution is 2.42. The van der Waals surface area contributed by atoms with Crippen LogP contribution in [-0.4, -0.2) is 5.16 Å². The number of aryl methyl sites for hydroxylation is 1. The van der Waals surface area contributed by atoms with Gasteiger partial charge in [-0.15, -0.1) is 0 Å². The SMILES string of the molecule is CC(C)(C)C1CCc2[nH]o[n+](=O)c21. The van der Waals surface area contributed by atoms with E-state index >= 15 is 0 Å². The maximum absolute atomic E-state index is 11.3. The first kappa shape index (κ1) is 8.53. The molecule has 1 atom stereocenters. The van der Waals surface area contributed by atoms with Gasteiger partial charge in [-0.25, -0.2) is 0 Å². The first-order valence-electron chi connectivity index (χ1n) is 4.63. The molecule has 72 valence electrons. The summed E-state index contributed by atoms with van der Waals surface area (Å²) in [7, 11) is 0. The van der Waals surface area contributed by atoms with Crippen molar-refractivity contribution in [1.82, 2.24) is 5.16 Å². The minimum atomic E-state index is 0.134. The monoisotopic (exact) mass is 183 g/mol. The van der Waals surface area contributed by atoms with Gasteiger partial charge in [-0.05, 0) is 16.7 Å². The Hall–Kier alpha value is -1.06. The average Bonchev–Trinajstić information content (AvgIpc) is 2.51. The van der Waals surface area contributed by atoms with E-state index in [2.05, 4.69) is 25.9 Å². The first-order chi connectivity index (χ1) is 6.00. The molecule has 1 aliphatic rings. The van der Waals surface area contributed by atoms with Gasteiger partial charge >= 0.3 is 0 Å². The Morgan fingerprint density at radius 3 is 2.85 bits per heavy atom. The molecule has 0 radical (unpaired) electrons. The fourth-order valence-electron chi connectivity index (χ4n) is 2.09. The van der Waals surface area contributed by atoms with Crippen LogP contribution in [-0.2, 0) is 6.42 Å². The quantitative estimate of drug-likeness (QED) is 0.664. The summed E-state index contributed by atoms with van der Waals surface area (Å²) in [6.07, 6.45) is 1.97. The molecule has 1 aromatic heterocycles. The van der Waals surface area contributed by atoms with Crippen LogP contribution in [0.5, 0.6) is 0 Å². The van der Waals surface area contributed by atoms with Crippen LogP contribution in [0.2, 0.25) is 0 Å². The lowest BCUT2D eigenvalue weighted by Gasteiger charge is -2.23.